The zero-order valence-electron chi connectivity index (χ0n) is 12.7. The minimum atomic E-state index is -0.318. The second kappa shape index (κ2) is 11.5. The molecule has 118 valence electrons. The largest absolute Gasteiger partial charge is 0.357 e. The first kappa shape index (κ1) is 19.8. The van der Waals surface area contributed by atoms with Crippen LogP contribution in [0.1, 0.15) is 25.5 Å². The summed E-state index contributed by atoms with van der Waals surface area (Å²) in [6, 6.07) is 2.98. The van der Waals surface area contributed by atoms with Crippen molar-refractivity contribution >= 4 is 29.9 Å². The molecule has 0 saturated carbocycles. The maximum Gasteiger partial charge on any atom is 0.194 e. The van der Waals surface area contributed by atoms with Gasteiger partial charge in [-0.15, -0.1) is 30.6 Å². The van der Waals surface area contributed by atoms with Crippen LogP contribution in [-0.4, -0.2) is 36.0 Å². The van der Waals surface area contributed by atoms with Gasteiger partial charge in [0.2, 0.25) is 0 Å². The van der Waals surface area contributed by atoms with Crippen LogP contribution in [0.3, 0.4) is 0 Å². The highest BCUT2D eigenvalue weighted by Gasteiger charge is 2.06. The van der Waals surface area contributed by atoms with Crippen molar-refractivity contribution in [2.45, 2.75) is 26.3 Å². The van der Waals surface area contributed by atoms with Gasteiger partial charge >= 0.3 is 0 Å². The molecule has 0 atom stereocenters. The standard InChI is InChI=1S/C15H23FN4.HI/c1-4-6-7-11-20(3)15(17-5-2)19-12-14-13(16)9-8-10-18-14;/h4,8-10H,1,5-7,11-12H2,2-3H3,(H,17,19);1H. The predicted octanol–water partition coefficient (Wildman–Crippen LogP) is 3.20. The first-order valence-corrected chi connectivity index (χ1v) is 6.88. The number of aromatic nitrogens is 1. The Morgan fingerprint density at radius 3 is 2.95 bits per heavy atom. The van der Waals surface area contributed by atoms with Crippen LogP contribution >= 0.6 is 24.0 Å². The zero-order valence-corrected chi connectivity index (χ0v) is 15.0. The molecule has 0 aliphatic carbocycles. The van der Waals surface area contributed by atoms with E-state index < -0.39 is 0 Å². The Morgan fingerprint density at radius 2 is 2.33 bits per heavy atom. The lowest BCUT2D eigenvalue weighted by atomic mass is 10.3. The van der Waals surface area contributed by atoms with Crippen molar-refractivity contribution in [2.24, 2.45) is 4.99 Å². The van der Waals surface area contributed by atoms with Gasteiger partial charge in [-0.05, 0) is 31.9 Å². The Bertz CT molecular complexity index is 451. The SMILES string of the molecule is C=CCCCN(C)C(=NCc1ncccc1F)NCC.I. The molecule has 0 radical (unpaired) electrons. The molecule has 0 aromatic carbocycles. The van der Waals surface area contributed by atoms with Gasteiger partial charge in [0, 0.05) is 26.3 Å². The molecule has 6 heteroatoms. The summed E-state index contributed by atoms with van der Waals surface area (Å²) >= 11 is 0. The molecule has 0 aliphatic heterocycles. The van der Waals surface area contributed by atoms with Gasteiger partial charge in [0.05, 0.1) is 12.2 Å². The van der Waals surface area contributed by atoms with Crippen molar-refractivity contribution in [2.75, 3.05) is 20.1 Å². The molecule has 1 aromatic heterocycles. The van der Waals surface area contributed by atoms with Crippen LogP contribution < -0.4 is 5.32 Å². The number of hydrogen-bond donors (Lipinski definition) is 1. The second-order valence-corrected chi connectivity index (χ2v) is 4.45. The van der Waals surface area contributed by atoms with E-state index in [4.69, 9.17) is 0 Å². The van der Waals surface area contributed by atoms with E-state index in [-0.39, 0.29) is 36.3 Å². The number of allylic oxidation sites excluding steroid dienone is 1. The molecule has 0 unspecified atom stereocenters. The highest BCUT2D eigenvalue weighted by molar-refractivity contribution is 14.0. The minimum absolute atomic E-state index is 0. The van der Waals surface area contributed by atoms with Crippen molar-refractivity contribution < 1.29 is 4.39 Å². The van der Waals surface area contributed by atoms with Crippen LogP contribution in [0.15, 0.2) is 36.0 Å². The molecule has 0 bridgehead atoms. The third-order valence-electron chi connectivity index (χ3n) is 2.81. The van der Waals surface area contributed by atoms with Gasteiger partial charge in [-0.25, -0.2) is 9.38 Å². The third-order valence-corrected chi connectivity index (χ3v) is 2.81. The molecule has 0 saturated heterocycles. The van der Waals surface area contributed by atoms with Crippen LogP contribution in [0.4, 0.5) is 4.39 Å². The van der Waals surface area contributed by atoms with Crippen molar-refractivity contribution in [3.63, 3.8) is 0 Å². The van der Waals surface area contributed by atoms with Gasteiger partial charge in [-0.2, -0.15) is 0 Å². The lowest BCUT2D eigenvalue weighted by Crippen LogP contribution is -2.39. The summed E-state index contributed by atoms with van der Waals surface area (Å²) in [4.78, 5) is 10.5. The van der Waals surface area contributed by atoms with E-state index in [0.717, 1.165) is 31.9 Å². The average molecular weight is 406 g/mol. The summed E-state index contributed by atoms with van der Waals surface area (Å²) in [5.74, 6) is 0.447. The molecule has 0 fully saturated rings. The number of unbranched alkanes of at least 4 members (excludes halogenated alkanes) is 1. The van der Waals surface area contributed by atoms with Gasteiger partial charge in [0.1, 0.15) is 5.82 Å². The number of rotatable bonds is 7. The Kier molecular flexibility index (Phi) is 10.8. The quantitative estimate of drug-likeness (QED) is 0.249. The van der Waals surface area contributed by atoms with Crippen LogP contribution in [0.5, 0.6) is 0 Å². The molecular formula is C15H24FIN4. The highest BCUT2D eigenvalue weighted by Crippen LogP contribution is 2.04. The van der Waals surface area contributed by atoms with Crippen LogP contribution in [-0.2, 0) is 6.54 Å². The number of pyridine rings is 1. The van der Waals surface area contributed by atoms with E-state index in [1.807, 2.05) is 24.9 Å². The molecule has 4 nitrogen and oxygen atoms in total. The maximum absolute atomic E-state index is 13.5. The fourth-order valence-corrected chi connectivity index (χ4v) is 1.73. The first-order valence-electron chi connectivity index (χ1n) is 6.88. The molecule has 0 spiro atoms. The molecular weight excluding hydrogens is 382 g/mol. The fraction of sp³-hybridized carbons (Fsp3) is 0.467. The zero-order chi connectivity index (χ0) is 14.8. The summed E-state index contributed by atoms with van der Waals surface area (Å²) in [5, 5.41) is 3.20. The topological polar surface area (TPSA) is 40.5 Å². The van der Waals surface area contributed by atoms with E-state index in [9.17, 15) is 4.39 Å². The van der Waals surface area contributed by atoms with E-state index >= 15 is 0 Å². The van der Waals surface area contributed by atoms with Gasteiger partial charge in [-0.3, -0.25) is 4.98 Å². The lowest BCUT2D eigenvalue weighted by Gasteiger charge is -2.21. The number of hydrogen-bond acceptors (Lipinski definition) is 2. The molecule has 21 heavy (non-hydrogen) atoms. The average Bonchev–Trinajstić information content (AvgIpc) is 2.45. The summed E-state index contributed by atoms with van der Waals surface area (Å²) in [7, 11) is 1.97. The molecule has 1 heterocycles. The van der Waals surface area contributed by atoms with Gasteiger partial charge in [0.15, 0.2) is 5.96 Å². The minimum Gasteiger partial charge on any atom is -0.357 e. The summed E-state index contributed by atoms with van der Waals surface area (Å²) in [6.45, 7) is 7.61. The Labute approximate surface area is 143 Å². The number of halogens is 2. The van der Waals surface area contributed by atoms with E-state index in [0.29, 0.717) is 5.69 Å². The monoisotopic (exact) mass is 406 g/mol. The van der Waals surface area contributed by atoms with Crippen molar-refractivity contribution in [1.29, 1.82) is 0 Å². The number of nitrogens with one attached hydrogen (secondary N) is 1. The van der Waals surface area contributed by atoms with Crippen LogP contribution in [0.2, 0.25) is 0 Å². The number of nitrogens with zero attached hydrogens (tertiary/aromatic N) is 3. The highest BCUT2D eigenvalue weighted by atomic mass is 127. The Morgan fingerprint density at radius 1 is 1.57 bits per heavy atom. The molecule has 1 N–H and O–H groups in total. The van der Waals surface area contributed by atoms with Crippen molar-refractivity contribution in [3.05, 3.63) is 42.5 Å². The van der Waals surface area contributed by atoms with Gasteiger partial charge < -0.3 is 10.2 Å². The smallest absolute Gasteiger partial charge is 0.194 e. The van der Waals surface area contributed by atoms with Crippen LogP contribution in [0, 0.1) is 5.82 Å². The Balaban J connectivity index is 0.00000400. The second-order valence-electron chi connectivity index (χ2n) is 4.45. The molecule has 1 rings (SSSR count). The first-order chi connectivity index (χ1) is 9.69. The molecule has 0 amide bonds. The normalized spacial score (nSPS) is 10.7. The molecule has 1 aromatic rings. The van der Waals surface area contributed by atoms with Crippen LogP contribution in [0.25, 0.3) is 0 Å². The van der Waals surface area contributed by atoms with E-state index in [1.54, 1.807) is 12.3 Å². The summed E-state index contributed by atoms with van der Waals surface area (Å²) in [6.07, 6.45) is 5.47. The predicted molar refractivity (Wildman–Crippen MR) is 96.5 cm³/mol. The Hall–Kier alpha value is -1.18. The number of guanidine groups is 1. The van der Waals surface area contributed by atoms with Crippen molar-refractivity contribution in [3.8, 4) is 0 Å². The van der Waals surface area contributed by atoms with E-state index in [2.05, 4.69) is 21.9 Å². The van der Waals surface area contributed by atoms with Gasteiger partial charge in [-0.1, -0.05) is 6.08 Å². The van der Waals surface area contributed by atoms with Crippen molar-refractivity contribution in [1.82, 2.24) is 15.2 Å². The third kappa shape index (κ3) is 7.40. The van der Waals surface area contributed by atoms with E-state index in [1.165, 1.54) is 6.07 Å². The summed E-state index contributed by atoms with van der Waals surface area (Å²) in [5.41, 5.74) is 0.363. The summed E-state index contributed by atoms with van der Waals surface area (Å²) < 4.78 is 13.5. The molecule has 0 aliphatic rings. The maximum atomic E-state index is 13.5. The van der Waals surface area contributed by atoms with Gasteiger partial charge in [0.25, 0.3) is 0 Å². The lowest BCUT2D eigenvalue weighted by molar-refractivity contribution is 0.469. The number of aliphatic imine (C=N–C) groups is 1. The fourth-order valence-electron chi connectivity index (χ4n) is 1.73.